The summed E-state index contributed by atoms with van der Waals surface area (Å²) >= 11 is 3.31. The third kappa shape index (κ3) is 3.36. The molecule has 2 heterocycles. The summed E-state index contributed by atoms with van der Waals surface area (Å²) in [4.78, 5) is 4.58. The number of aromatic nitrogens is 2. The maximum atomic E-state index is 5.45. The molecule has 110 valence electrons. The molecule has 2 aromatic heterocycles. The highest BCUT2D eigenvalue weighted by Gasteiger charge is 2.05. The van der Waals surface area contributed by atoms with E-state index in [1.54, 1.807) is 0 Å². The van der Waals surface area contributed by atoms with Gasteiger partial charge in [0.2, 0.25) is 0 Å². The number of halogens is 1. The summed E-state index contributed by atoms with van der Waals surface area (Å²) in [5, 5.41) is 3.40. The van der Waals surface area contributed by atoms with Crippen LogP contribution in [-0.4, -0.2) is 16.1 Å². The van der Waals surface area contributed by atoms with Gasteiger partial charge in [-0.05, 0) is 60.1 Å². The van der Waals surface area contributed by atoms with E-state index < -0.39 is 0 Å². The molecule has 0 aliphatic carbocycles. The summed E-state index contributed by atoms with van der Waals surface area (Å²) in [5.74, 6) is 2.03. The summed E-state index contributed by atoms with van der Waals surface area (Å²) in [7, 11) is 0. The Labute approximate surface area is 132 Å². The van der Waals surface area contributed by atoms with Crippen molar-refractivity contribution in [3.05, 3.63) is 52.7 Å². The number of imidazole rings is 1. The molecular weight excluding hydrogens is 330 g/mol. The topological polar surface area (TPSA) is 43.0 Å². The van der Waals surface area contributed by atoms with Crippen LogP contribution in [0, 0.1) is 6.92 Å². The first kappa shape index (κ1) is 14.4. The van der Waals surface area contributed by atoms with Crippen molar-refractivity contribution in [1.29, 1.82) is 0 Å². The summed E-state index contributed by atoms with van der Waals surface area (Å²) in [6.45, 7) is 4.74. The van der Waals surface area contributed by atoms with Crippen LogP contribution in [0.3, 0.4) is 0 Å². The molecule has 21 heavy (non-hydrogen) atoms. The van der Waals surface area contributed by atoms with Gasteiger partial charge in [-0.1, -0.05) is 12.1 Å². The molecule has 0 unspecified atom stereocenters. The van der Waals surface area contributed by atoms with E-state index in [9.17, 15) is 0 Å². The highest BCUT2D eigenvalue weighted by molar-refractivity contribution is 9.10. The predicted octanol–water partition coefficient (Wildman–Crippen LogP) is 3.88. The van der Waals surface area contributed by atoms with Gasteiger partial charge in [0.15, 0.2) is 4.67 Å². The molecule has 3 aromatic rings. The Kier molecular flexibility index (Phi) is 4.41. The smallest absolute Gasteiger partial charge is 0.169 e. The molecule has 1 aromatic carbocycles. The Morgan fingerprint density at radius 1 is 1.24 bits per heavy atom. The Bertz CT molecular complexity index is 732. The molecule has 0 saturated heterocycles. The normalized spacial score (nSPS) is 11.3. The lowest BCUT2D eigenvalue weighted by Gasteiger charge is -2.07. The number of hydrogen-bond acceptors (Lipinski definition) is 3. The van der Waals surface area contributed by atoms with Crippen molar-refractivity contribution in [1.82, 2.24) is 14.9 Å². The molecule has 0 bridgehead atoms. The fourth-order valence-corrected chi connectivity index (χ4v) is 2.84. The van der Waals surface area contributed by atoms with E-state index in [-0.39, 0.29) is 0 Å². The van der Waals surface area contributed by atoms with Gasteiger partial charge < -0.3 is 14.3 Å². The van der Waals surface area contributed by atoms with Crippen molar-refractivity contribution in [2.45, 2.75) is 26.4 Å². The molecule has 1 N–H and O–H groups in total. The van der Waals surface area contributed by atoms with Gasteiger partial charge in [0.05, 0.1) is 17.6 Å². The summed E-state index contributed by atoms with van der Waals surface area (Å²) < 4.78 is 8.51. The second-order valence-electron chi connectivity index (χ2n) is 5.04. The number of furan rings is 1. The molecule has 0 saturated carbocycles. The zero-order valence-corrected chi connectivity index (χ0v) is 13.6. The lowest BCUT2D eigenvalue weighted by atomic mass is 10.3. The fourth-order valence-electron chi connectivity index (χ4n) is 2.50. The minimum atomic E-state index is 0.759. The monoisotopic (exact) mass is 347 g/mol. The van der Waals surface area contributed by atoms with E-state index in [1.807, 2.05) is 18.2 Å². The predicted molar refractivity (Wildman–Crippen MR) is 87.2 cm³/mol. The first-order valence-corrected chi connectivity index (χ1v) is 7.90. The van der Waals surface area contributed by atoms with Gasteiger partial charge in [0, 0.05) is 6.54 Å². The number of rotatable bonds is 6. The van der Waals surface area contributed by atoms with E-state index in [2.05, 4.69) is 55.9 Å². The van der Waals surface area contributed by atoms with Crippen LogP contribution >= 0.6 is 15.9 Å². The van der Waals surface area contributed by atoms with Crippen LogP contribution in [-0.2, 0) is 13.1 Å². The molecule has 0 aliphatic heterocycles. The van der Waals surface area contributed by atoms with E-state index >= 15 is 0 Å². The third-order valence-electron chi connectivity index (χ3n) is 3.51. The van der Waals surface area contributed by atoms with E-state index in [0.717, 1.165) is 47.8 Å². The van der Waals surface area contributed by atoms with Crippen LogP contribution in [0.25, 0.3) is 11.0 Å². The van der Waals surface area contributed by atoms with Crippen molar-refractivity contribution in [3.8, 4) is 0 Å². The third-order valence-corrected chi connectivity index (χ3v) is 3.93. The Morgan fingerprint density at radius 3 is 2.90 bits per heavy atom. The van der Waals surface area contributed by atoms with Gasteiger partial charge in [-0.15, -0.1) is 0 Å². The van der Waals surface area contributed by atoms with Crippen molar-refractivity contribution >= 4 is 27.0 Å². The van der Waals surface area contributed by atoms with Crippen molar-refractivity contribution in [2.75, 3.05) is 6.54 Å². The number of nitrogens with zero attached hydrogens (tertiary/aromatic N) is 2. The molecule has 0 spiro atoms. The SMILES string of the molecule is Cc1nc2ccccc2n1CCCNCc1ccc(Br)o1. The van der Waals surface area contributed by atoms with Gasteiger partial charge in [0.25, 0.3) is 0 Å². The first-order chi connectivity index (χ1) is 10.2. The Hall–Kier alpha value is -1.59. The molecule has 4 nitrogen and oxygen atoms in total. The first-order valence-electron chi connectivity index (χ1n) is 7.11. The highest BCUT2D eigenvalue weighted by Crippen LogP contribution is 2.16. The van der Waals surface area contributed by atoms with E-state index in [1.165, 1.54) is 5.52 Å². The van der Waals surface area contributed by atoms with Gasteiger partial charge in [-0.2, -0.15) is 0 Å². The van der Waals surface area contributed by atoms with E-state index in [4.69, 9.17) is 4.42 Å². The standard InChI is InChI=1S/C16H18BrN3O/c1-12-19-14-5-2-3-6-15(14)20(12)10-4-9-18-11-13-7-8-16(17)21-13/h2-3,5-8,18H,4,9-11H2,1H3. The summed E-state index contributed by atoms with van der Waals surface area (Å²) in [6, 6.07) is 12.2. The maximum absolute atomic E-state index is 5.45. The Balaban J connectivity index is 1.51. The van der Waals surface area contributed by atoms with Crippen LogP contribution in [0.15, 0.2) is 45.5 Å². The van der Waals surface area contributed by atoms with Crippen molar-refractivity contribution in [2.24, 2.45) is 0 Å². The molecule has 0 atom stereocenters. The number of fused-ring (bicyclic) bond motifs is 1. The highest BCUT2D eigenvalue weighted by atomic mass is 79.9. The molecule has 5 heteroatoms. The molecule has 0 fully saturated rings. The molecular formula is C16H18BrN3O. The Morgan fingerprint density at radius 2 is 2.10 bits per heavy atom. The molecule has 3 rings (SSSR count). The number of nitrogens with one attached hydrogen (secondary N) is 1. The largest absolute Gasteiger partial charge is 0.453 e. The zero-order valence-electron chi connectivity index (χ0n) is 12.0. The lowest BCUT2D eigenvalue weighted by molar-refractivity contribution is 0.460. The summed E-state index contributed by atoms with van der Waals surface area (Å²) in [6.07, 6.45) is 1.06. The minimum absolute atomic E-state index is 0.759. The minimum Gasteiger partial charge on any atom is -0.453 e. The maximum Gasteiger partial charge on any atom is 0.169 e. The molecule has 0 radical (unpaired) electrons. The second-order valence-corrected chi connectivity index (χ2v) is 5.82. The zero-order chi connectivity index (χ0) is 14.7. The van der Waals surface area contributed by atoms with Gasteiger partial charge >= 0.3 is 0 Å². The van der Waals surface area contributed by atoms with E-state index in [0.29, 0.717) is 0 Å². The van der Waals surface area contributed by atoms with Gasteiger partial charge in [-0.25, -0.2) is 4.98 Å². The van der Waals surface area contributed by atoms with Crippen molar-refractivity contribution < 1.29 is 4.42 Å². The van der Waals surface area contributed by atoms with Crippen LogP contribution in [0.2, 0.25) is 0 Å². The molecule has 0 amide bonds. The number of aryl methyl sites for hydroxylation is 2. The fraction of sp³-hybridized carbons (Fsp3) is 0.312. The molecule has 0 aliphatic rings. The number of benzene rings is 1. The second kappa shape index (κ2) is 6.45. The van der Waals surface area contributed by atoms with Gasteiger partial charge in [-0.3, -0.25) is 0 Å². The average Bonchev–Trinajstić information content (AvgIpc) is 3.02. The van der Waals surface area contributed by atoms with Crippen LogP contribution in [0.4, 0.5) is 0 Å². The van der Waals surface area contributed by atoms with Crippen LogP contribution in [0.1, 0.15) is 18.0 Å². The van der Waals surface area contributed by atoms with Crippen LogP contribution in [0.5, 0.6) is 0 Å². The van der Waals surface area contributed by atoms with Crippen LogP contribution < -0.4 is 5.32 Å². The number of hydrogen-bond donors (Lipinski definition) is 1. The average molecular weight is 348 g/mol. The quantitative estimate of drug-likeness (QED) is 0.688. The number of para-hydroxylation sites is 2. The van der Waals surface area contributed by atoms with Gasteiger partial charge in [0.1, 0.15) is 11.6 Å². The van der Waals surface area contributed by atoms with Crippen molar-refractivity contribution in [3.63, 3.8) is 0 Å². The summed E-state index contributed by atoms with van der Waals surface area (Å²) in [5.41, 5.74) is 2.29. The lowest BCUT2D eigenvalue weighted by Crippen LogP contribution is -2.16.